The van der Waals surface area contributed by atoms with Crippen molar-refractivity contribution >= 4 is 0 Å². The molecule has 1 saturated heterocycles. The number of hydrazine groups is 1. The Hall–Kier alpha value is -0.880. The smallest absolute Gasteiger partial charge is 0.124 e. The highest BCUT2D eigenvalue weighted by Gasteiger charge is 2.27. The molecule has 14 heavy (non-hydrogen) atoms. The van der Waals surface area contributed by atoms with Gasteiger partial charge >= 0.3 is 0 Å². The van der Waals surface area contributed by atoms with Gasteiger partial charge in [-0.05, 0) is 12.1 Å². The van der Waals surface area contributed by atoms with Gasteiger partial charge in [-0.2, -0.15) is 0 Å². The summed E-state index contributed by atoms with van der Waals surface area (Å²) in [6, 6.07) is 3.54. The molecule has 1 aromatic rings. The molecule has 1 aliphatic rings. The van der Waals surface area contributed by atoms with E-state index < -0.39 is 0 Å². The zero-order chi connectivity index (χ0) is 9.80. The van der Waals surface area contributed by atoms with Crippen molar-refractivity contribution < 1.29 is 13.9 Å². The molecule has 2 rings (SSSR count). The lowest BCUT2D eigenvalue weighted by molar-refractivity contribution is -0.104. The first-order valence-electron chi connectivity index (χ1n) is 4.60. The summed E-state index contributed by atoms with van der Waals surface area (Å²) < 4.78 is 16.1. The van der Waals surface area contributed by atoms with Crippen LogP contribution < -0.4 is 11.3 Å². The molecule has 2 heterocycles. The average Bonchev–Trinajstić information content (AvgIpc) is 2.74. The molecule has 1 aliphatic heterocycles. The molecule has 0 amide bonds. The van der Waals surface area contributed by atoms with Crippen LogP contribution in [0.25, 0.3) is 0 Å². The van der Waals surface area contributed by atoms with Crippen molar-refractivity contribution in [1.82, 2.24) is 5.43 Å². The van der Waals surface area contributed by atoms with Crippen molar-refractivity contribution in [2.75, 3.05) is 19.8 Å². The lowest BCUT2D eigenvalue weighted by atomic mass is 10.1. The third kappa shape index (κ3) is 1.96. The first-order chi connectivity index (χ1) is 6.92. The Morgan fingerprint density at radius 3 is 3.00 bits per heavy atom. The molecule has 0 bridgehead atoms. The minimum Gasteiger partial charge on any atom is -0.468 e. The van der Waals surface area contributed by atoms with Gasteiger partial charge in [-0.1, -0.05) is 0 Å². The lowest BCUT2D eigenvalue weighted by Gasteiger charge is -2.28. The van der Waals surface area contributed by atoms with Crippen LogP contribution >= 0.6 is 0 Å². The molecular formula is C9H14N2O3. The predicted octanol–water partition coefficient (Wildman–Crippen LogP) is 0.199. The van der Waals surface area contributed by atoms with Gasteiger partial charge in [0, 0.05) is 0 Å². The van der Waals surface area contributed by atoms with E-state index in [2.05, 4.69) is 5.43 Å². The topological polar surface area (TPSA) is 69.7 Å². The second-order valence-corrected chi connectivity index (χ2v) is 3.14. The van der Waals surface area contributed by atoms with Gasteiger partial charge in [0.1, 0.15) is 17.9 Å². The Morgan fingerprint density at radius 2 is 2.43 bits per heavy atom. The van der Waals surface area contributed by atoms with Crippen molar-refractivity contribution in [3.8, 4) is 0 Å². The normalized spacial score (nSPS) is 24.8. The number of nitrogens with two attached hydrogens (primary N) is 1. The van der Waals surface area contributed by atoms with E-state index in [1.54, 1.807) is 6.26 Å². The van der Waals surface area contributed by atoms with E-state index in [-0.39, 0.29) is 12.1 Å². The highest BCUT2D eigenvalue weighted by Crippen LogP contribution is 2.20. The van der Waals surface area contributed by atoms with Crippen molar-refractivity contribution in [3.05, 3.63) is 24.2 Å². The van der Waals surface area contributed by atoms with Crippen LogP contribution in [0, 0.1) is 0 Å². The third-order valence-electron chi connectivity index (χ3n) is 2.24. The van der Waals surface area contributed by atoms with Crippen LogP contribution in [0.1, 0.15) is 11.8 Å². The first kappa shape index (κ1) is 9.67. The fourth-order valence-corrected chi connectivity index (χ4v) is 1.54. The van der Waals surface area contributed by atoms with Gasteiger partial charge in [0.05, 0.1) is 26.1 Å². The summed E-state index contributed by atoms with van der Waals surface area (Å²) >= 11 is 0. The summed E-state index contributed by atoms with van der Waals surface area (Å²) in [5, 5.41) is 0. The van der Waals surface area contributed by atoms with Crippen molar-refractivity contribution in [2.24, 2.45) is 5.84 Å². The highest BCUT2D eigenvalue weighted by molar-refractivity contribution is 5.06. The number of rotatable bonds is 3. The summed E-state index contributed by atoms with van der Waals surface area (Å²) in [6.07, 6.45) is 1.53. The Morgan fingerprint density at radius 1 is 1.50 bits per heavy atom. The number of nitrogens with one attached hydrogen (secondary N) is 1. The van der Waals surface area contributed by atoms with Crippen LogP contribution in [0.2, 0.25) is 0 Å². The van der Waals surface area contributed by atoms with Gasteiger partial charge in [-0.15, -0.1) is 0 Å². The van der Waals surface area contributed by atoms with E-state index in [1.165, 1.54) is 0 Å². The minimum absolute atomic E-state index is 0.0834. The molecule has 78 valence electrons. The Labute approximate surface area is 82.1 Å². The van der Waals surface area contributed by atoms with Gasteiger partial charge in [-0.3, -0.25) is 5.84 Å². The second kappa shape index (κ2) is 4.56. The van der Waals surface area contributed by atoms with Crippen LogP contribution in [-0.2, 0) is 9.47 Å². The molecule has 0 aromatic carbocycles. The minimum atomic E-state index is -0.148. The van der Waals surface area contributed by atoms with Gasteiger partial charge in [-0.25, -0.2) is 5.43 Å². The van der Waals surface area contributed by atoms with E-state index >= 15 is 0 Å². The maximum atomic E-state index is 5.53. The zero-order valence-electron chi connectivity index (χ0n) is 7.81. The number of hydrogen-bond donors (Lipinski definition) is 2. The average molecular weight is 198 g/mol. The quantitative estimate of drug-likeness (QED) is 0.536. The predicted molar refractivity (Wildman–Crippen MR) is 49.3 cm³/mol. The van der Waals surface area contributed by atoms with Gasteiger partial charge in [0.25, 0.3) is 0 Å². The maximum Gasteiger partial charge on any atom is 0.124 e. The zero-order valence-corrected chi connectivity index (χ0v) is 7.81. The van der Waals surface area contributed by atoms with Crippen molar-refractivity contribution in [1.29, 1.82) is 0 Å². The van der Waals surface area contributed by atoms with E-state index in [9.17, 15) is 0 Å². The fourth-order valence-electron chi connectivity index (χ4n) is 1.54. The summed E-state index contributed by atoms with van der Waals surface area (Å²) in [5.74, 6) is 6.22. The van der Waals surface area contributed by atoms with E-state index in [0.717, 1.165) is 5.76 Å². The Kier molecular flexibility index (Phi) is 3.15. The van der Waals surface area contributed by atoms with Crippen LogP contribution in [0.15, 0.2) is 22.8 Å². The number of ether oxygens (including phenoxy) is 2. The van der Waals surface area contributed by atoms with E-state index in [1.807, 2.05) is 12.1 Å². The fraction of sp³-hybridized carbons (Fsp3) is 0.556. The molecule has 1 aromatic heterocycles. The standard InChI is InChI=1S/C9H14N2O3/c10-11-9(7-2-1-3-13-7)8-6-12-4-5-14-8/h1-3,8-9,11H,4-6,10H2. The van der Waals surface area contributed by atoms with E-state index in [0.29, 0.717) is 19.8 Å². The van der Waals surface area contributed by atoms with Crippen molar-refractivity contribution in [3.63, 3.8) is 0 Å². The molecule has 2 unspecified atom stereocenters. The molecule has 1 fully saturated rings. The van der Waals surface area contributed by atoms with Crippen LogP contribution in [-0.4, -0.2) is 25.9 Å². The molecule has 0 aliphatic carbocycles. The van der Waals surface area contributed by atoms with E-state index in [4.69, 9.17) is 19.7 Å². The van der Waals surface area contributed by atoms with Crippen molar-refractivity contribution in [2.45, 2.75) is 12.1 Å². The highest BCUT2D eigenvalue weighted by atomic mass is 16.6. The summed E-state index contributed by atoms with van der Waals surface area (Å²) in [7, 11) is 0. The number of furan rings is 1. The Balaban J connectivity index is 2.04. The van der Waals surface area contributed by atoms with Gasteiger partial charge in [0.2, 0.25) is 0 Å². The largest absolute Gasteiger partial charge is 0.468 e. The number of hydrogen-bond acceptors (Lipinski definition) is 5. The molecular weight excluding hydrogens is 184 g/mol. The SMILES string of the molecule is NNC(c1ccco1)C1COCCO1. The molecule has 5 heteroatoms. The maximum absolute atomic E-state index is 5.53. The molecule has 0 spiro atoms. The monoisotopic (exact) mass is 198 g/mol. The Bertz CT molecular complexity index is 257. The first-order valence-corrected chi connectivity index (χ1v) is 4.60. The summed E-state index contributed by atoms with van der Waals surface area (Å²) in [4.78, 5) is 0. The summed E-state index contributed by atoms with van der Waals surface area (Å²) in [6.45, 7) is 1.78. The summed E-state index contributed by atoms with van der Waals surface area (Å²) in [5.41, 5.74) is 2.68. The second-order valence-electron chi connectivity index (χ2n) is 3.14. The van der Waals surface area contributed by atoms with Crippen LogP contribution in [0.4, 0.5) is 0 Å². The molecule has 0 radical (unpaired) electrons. The van der Waals surface area contributed by atoms with Gasteiger partial charge in [0.15, 0.2) is 0 Å². The molecule has 5 nitrogen and oxygen atoms in total. The molecule has 2 atom stereocenters. The molecule has 3 N–H and O–H groups in total. The third-order valence-corrected chi connectivity index (χ3v) is 2.24. The van der Waals surface area contributed by atoms with Gasteiger partial charge < -0.3 is 13.9 Å². The lowest BCUT2D eigenvalue weighted by Crippen LogP contribution is -2.43. The van der Waals surface area contributed by atoms with Crippen LogP contribution in [0.3, 0.4) is 0 Å². The van der Waals surface area contributed by atoms with Crippen LogP contribution in [0.5, 0.6) is 0 Å². The molecule has 0 saturated carbocycles.